The highest BCUT2D eigenvalue weighted by molar-refractivity contribution is 6.33. The topological polar surface area (TPSA) is 59.0 Å². The average Bonchev–Trinajstić information content (AvgIpc) is 2.47. The summed E-state index contributed by atoms with van der Waals surface area (Å²) in [6.07, 6.45) is 4.90. The molecule has 0 saturated carbocycles. The van der Waals surface area contributed by atoms with Crippen molar-refractivity contribution in [3.63, 3.8) is 0 Å². The Morgan fingerprint density at radius 1 is 1.38 bits per heavy atom. The highest BCUT2D eigenvalue weighted by atomic mass is 35.5. The molecule has 1 amide bonds. The van der Waals surface area contributed by atoms with Crippen molar-refractivity contribution in [2.45, 2.75) is 26.3 Å². The zero-order valence-corrected chi connectivity index (χ0v) is 13.0. The zero-order chi connectivity index (χ0) is 15.4. The molecule has 0 atom stereocenters. The Hall–Kier alpha value is -2.01. The third-order valence-electron chi connectivity index (χ3n) is 2.97. The zero-order valence-electron chi connectivity index (χ0n) is 12.2. The lowest BCUT2D eigenvalue weighted by Gasteiger charge is -2.17. The number of halogens is 1. The van der Waals surface area contributed by atoms with Crippen LogP contribution >= 0.6 is 11.6 Å². The van der Waals surface area contributed by atoms with E-state index in [0.29, 0.717) is 12.4 Å². The fourth-order valence-corrected chi connectivity index (χ4v) is 2.00. The monoisotopic (exact) mass is 304 g/mol. The lowest BCUT2D eigenvalue weighted by Crippen LogP contribution is -2.28. The first-order valence-corrected chi connectivity index (χ1v) is 7.03. The predicted octanol–water partition coefficient (Wildman–Crippen LogP) is 2.92. The van der Waals surface area contributed by atoms with Crippen molar-refractivity contribution in [3.05, 3.63) is 52.8 Å². The minimum Gasteiger partial charge on any atom is -0.336 e. The minimum atomic E-state index is -0.229. The second-order valence-electron chi connectivity index (χ2n) is 5.10. The van der Waals surface area contributed by atoms with Crippen molar-refractivity contribution >= 4 is 17.5 Å². The molecule has 21 heavy (non-hydrogen) atoms. The summed E-state index contributed by atoms with van der Waals surface area (Å²) in [7, 11) is 1.71. The van der Waals surface area contributed by atoms with Gasteiger partial charge in [-0.1, -0.05) is 31.5 Å². The Labute approximate surface area is 129 Å². The van der Waals surface area contributed by atoms with Gasteiger partial charge in [-0.15, -0.1) is 0 Å². The molecule has 2 heterocycles. The molecule has 0 saturated heterocycles. The van der Waals surface area contributed by atoms with Gasteiger partial charge in [0.15, 0.2) is 5.69 Å². The summed E-state index contributed by atoms with van der Waals surface area (Å²) >= 11 is 6.06. The number of nitrogens with zero attached hydrogens (tertiary/aromatic N) is 4. The molecule has 2 aromatic heterocycles. The van der Waals surface area contributed by atoms with Crippen LogP contribution in [0.4, 0.5) is 0 Å². The summed E-state index contributed by atoms with van der Waals surface area (Å²) in [6, 6.07) is 3.75. The smallest absolute Gasteiger partial charge is 0.274 e. The molecule has 0 aliphatic heterocycles. The summed E-state index contributed by atoms with van der Waals surface area (Å²) in [4.78, 5) is 26.5. The molecule has 2 aromatic rings. The molecule has 0 spiro atoms. The maximum absolute atomic E-state index is 12.5. The molecule has 0 N–H and O–H groups in total. The van der Waals surface area contributed by atoms with Gasteiger partial charge in [-0.3, -0.25) is 9.78 Å². The van der Waals surface area contributed by atoms with Crippen LogP contribution in [0.5, 0.6) is 0 Å². The molecule has 0 bridgehead atoms. The molecule has 0 aliphatic rings. The lowest BCUT2D eigenvalue weighted by molar-refractivity contribution is 0.0778. The van der Waals surface area contributed by atoms with Gasteiger partial charge in [-0.05, 0) is 11.6 Å². The molecule has 2 rings (SSSR count). The van der Waals surface area contributed by atoms with E-state index < -0.39 is 0 Å². The van der Waals surface area contributed by atoms with E-state index in [4.69, 9.17) is 11.6 Å². The Kier molecular flexibility index (Phi) is 4.85. The molecule has 0 unspecified atom stereocenters. The van der Waals surface area contributed by atoms with Crippen LogP contribution in [0.3, 0.4) is 0 Å². The van der Waals surface area contributed by atoms with E-state index in [1.54, 1.807) is 24.3 Å². The quantitative estimate of drug-likeness (QED) is 0.871. The molecule has 0 fully saturated rings. The van der Waals surface area contributed by atoms with Gasteiger partial charge in [0.2, 0.25) is 0 Å². The van der Waals surface area contributed by atoms with Crippen LogP contribution in [0, 0.1) is 0 Å². The van der Waals surface area contributed by atoms with Crippen molar-refractivity contribution < 1.29 is 4.79 Å². The number of aromatic nitrogens is 3. The number of amides is 1. The standard InChI is InChI=1S/C15H17ClN4O/c1-10(2)14-18-8-12(16)13(19-14)15(21)20(3)9-11-5-4-6-17-7-11/h4-8,10H,9H2,1-3H3. The average molecular weight is 305 g/mol. The predicted molar refractivity (Wildman–Crippen MR) is 81.2 cm³/mol. The second-order valence-corrected chi connectivity index (χ2v) is 5.51. The van der Waals surface area contributed by atoms with Crippen LogP contribution in [0.1, 0.15) is 41.6 Å². The highest BCUT2D eigenvalue weighted by Gasteiger charge is 2.19. The van der Waals surface area contributed by atoms with E-state index in [1.807, 2.05) is 26.0 Å². The molecule has 0 radical (unpaired) electrons. The summed E-state index contributed by atoms with van der Waals surface area (Å²) in [5.41, 5.74) is 1.18. The van der Waals surface area contributed by atoms with Crippen LogP contribution < -0.4 is 0 Å². The third kappa shape index (κ3) is 3.76. The van der Waals surface area contributed by atoms with Gasteiger partial charge in [0, 0.05) is 31.9 Å². The Bertz CT molecular complexity index is 631. The van der Waals surface area contributed by atoms with Crippen LogP contribution in [-0.2, 0) is 6.54 Å². The molecule has 5 nitrogen and oxygen atoms in total. The number of carbonyl (C=O) groups is 1. The van der Waals surface area contributed by atoms with E-state index in [-0.39, 0.29) is 22.5 Å². The number of pyridine rings is 1. The number of hydrogen-bond donors (Lipinski definition) is 0. The van der Waals surface area contributed by atoms with Crippen molar-refractivity contribution in [1.82, 2.24) is 19.9 Å². The Morgan fingerprint density at radius 2 is 2.14 bits per heavy atom. The molecule has 0 aliphatic carbocycles. The minimum absolute atomic E-state index is 0.137. The van der Waals surface area contributed by atoms with E-state index >= 15 is 0 Å². The van der Waals surface area contributed by atoms with Gasteiger partial charge >= 0.3 is 0 Å². The van der Waals surface area contributed by atoms with Crippen molar-refractivity contribution in [3.8, 4) is 0 Å². The first-order valence-electron chi connectivity index (χ1n) is 6.66. The summed E-state index contributed by atoms with van der Waals surface area (Å²) < 4.78 is 0. The first kappa shape index (κ1) is 15.4. The van der Waals surface area contributed by atoms with Gasteiger partial charge < -0.3 is 4.90 Å². The summed E-state index contributed by atoms with van der Waals surface area (Å²) in [5, 5.41) is 0.266. The maximum atomic E-state index is 12.5. The van der Waals surface area contributed by atoms with Crippen molar-refractivity contribution in [2.75, 3.05) is 7.05 Å². The van der Waals surface area contributed by atoms with E-state index in [2.05, 4.69) is 15.0 Å². The van der Waals surface area contributed by atoms with E-state index in [9.17, 15) is 4.79 Å². The van der Waals surface area contributed by atoms with Crippen LogP contribution in [0.2, 0.25) is 5.02 Å². The summed E-state index contributed by atoms with van der Waals surface area (Å²) in [6.45, 7) is 4.39. The second kappa shape index (κ2) is 6.63. The molecule has 0 aromatic carbocycles. The van der Waals surface area contributed by atoms with Gasteiger partial charge in [0.05, 0.1) is 11.2 Å². The SMILES string of the molecule is CC(C)c1ncc(Cl)c(C(=O)N(C)Cc2cccnc2)n1. The van der Waals surface area contributed by atoms with E-state index in [1.165, 1.54) is 6.20 Å². The van der Waals surface area contributed by atoms with E-state index in [0.717, 1.165) is 5.56 Å². The largest absolute Gasteiger partial charge is 0.336 e. The first-order chi connectivity index (χ1) is 9.99. The van der Waals surface area contributed by atoms with Gasteiger partial charge in [0.1, 0.15) is 5.82 Å². The molecule has 6 heteroatoms. The number of carbonyl (C=O) groups excluding carboxylic acids is 1. The molecular formula is C15H17ClN4O. The molecule has 110 valence electrons. The normalized spacial score (nSPS) is 10.7. The fourth-order valence-electron chi connectivity index (χ4n) is 1.83. The van der Waals surface area contributed by atoms with Crippen LogP contribution in [0.15, 0.2) is 30.7 Å². The Morgan fingerprint density at radius 3 is 2.76 bits per heavy atom. The van der Waals surface area contributed by atoms with Crippen molar-refractivity contribution in [1.29, 1.82) is 0 Å². The van der Waals surface area contributed by atoms with Gasteiger partial charge in [-0.25, -0.2) is 9.97 Å². The van der Waals surface area contributed by atoms with Crippen LogP contribution in [-0.4, -0.2) is 32.8 Å². The number of rotatable bonds is 4. The maximum Gasteiger partial charge on any atom is 0.274 e. The number of hydrogen-bond acceptors (Lipinski definition) is 4. The highest BCUT2D eigenvalue weighted by Crippen LogP contribution is 2.18. The third-order valence-corrected chi connectivity index (χ3v) is 3.25. The van der Waals surface area contributed by atoms with Crippen LogP contribution in [0.25, 0.3) is 0 Å². The summed E-state index contributed by atoms with van der Waals surface area (Å²) in [5.74, 6) is 0.517. The van der Waals surface area contributed by atoms with Crippen molar-refractivity contribution in [2.24, 2.45) is 0 Å². The molecular weight excluding hydrogens is 288 g/mol. The lowest BCUT2D eigenvalue weighted by atomic mass is 10.2. The van der Waals surface area contributed by atoms with Gasteiger partial charge in [0.25, 0.3) is 5.91 Å². The Balaban J connectivity index is 2.21. The van der Waals surface area contributed by atoms with Gasteiger partial charge in [-0.2, -0.15) is 0 Å². The fraction of sp³-hybridized carbons (Fsp3) is 0.333.